The predicted molar refractivity (Wildman–Crippen MR) is 93.7 cm³/mol. The number of pyridine rings is 1. The summed E-state index contributed by atoms with van der Waals surface area (Å²) < 4.78 is 0. The highest BCUT2D eigenvalue weighted by molar-refractivity contribution is 5.94. The molecule has 0 atom stereocenters. The minimum atomic E-state index is -0.466. The normalized spacial score (nSPS) is 10.5. The fourth-order valence-electron chi connectivity index (χ4n) is 2.52. The highest BCUT2D eigenvalue weighted by atomic mass is 16.1. The molecule has 0 spiro atoms. The van der Waals surface area contributed by atoms with Crippen molar-refractivity contribution in [2.75, 3.05) is 5.32 Å². The second-order valence-electron chi connectivity index (χ2n) is 5.55. The molecule has 0 unspecified atom stereocenters. The first-order valence-electron chi connectivity index (χ1n) is 7.64. The zero-order valence-electron chi connectivity index (χ0n) is 13.0. The molecule has 3 aromatic rings. The molecule has 24 heavy (non-hydrogen) atoms. The molecule has 120 valence electrons. The Bertz CT molecular complexity index is 906. The molecule has 0 aliphatic rings. The number of nitrogens with zero attached hydrogens (tertiary/aromatic N) is 1. The zero-order chi connectivity index (χ0) is 16.9. The standard InChI is InChI=1S/C19H17N3O2/c20-19(24)15-3-1-2-13(10-15)4-7-18(23)22-17-6-5-16-12-21-9-8-14(16)11-17/h1-3,5-6,8-12H,4,7H2,(H2,20,24)(H,22,23). The topological polar surface area (TPSA) is 85.1 Å². The minimum Gasteiger partial charge on any atom is -0.366 e. The second kappa shape index (κ2) is 6.91. The van der Waals surface area contributed by atoms with E-state index >= 15 is 0 Å². The van der Waals surface area contributed by atoms with E-state index in [-0.39, 0.29) is 5.91 Å². The van der Waals surface area contributed by atoms with Crippen molar-refractivity contribution in [3.63, 3.8) is 0 Å². The number of aryl methyl sites for hydroxylation is 1. The number of aromatic nitrogens is 1. The summed E-state index contributed by atoms with van der Waals surface area (Å²) in [6.45, 7) is 0. The van der Waals surface area contributed by atoms with Crippen LogP contribution in [0.5, 0.6) is 0 Å². The molecule has 5 nitrogen and oxygen atoms in total. The van der Waals surface area contributed by atoms with Gasteiger partial charge in [-0.2, -0.15) is 0 Å². The molecule has 0 saturated carbocycles. The summed E-state index contributed by atoms with van der Waals surface area (Å²) in [6, 6.07) is 14.6. The Morgan fingerprint density at radius 3 is 2.75 bits per heavy atom. The van der Waals surface area contributed by atoms with Crippen LogP contribution in [0.25, 0.3) is 10.8 Å². The van der Waals surface area contributed by atoms with Gasteiger partial charge in [0, 0.05) is 35.5 Å². The predicted octanol–water partition coefficient (Wildman–Crippen LogP) is 2.91. The van der Waals surface area contributed by atoms with Gasteiger partial charge in [-0.25, -0.2) is 0 Å². The molecule has 0 aliphatic heterocycles. The third-order valence-corrected chi connectivity index (χ3v) is 3.78. The molecule has 2 amide bonds. The lowest BCUT2D eigenvalue weighted by Crippen LogP contribution is -2.13. The summed E-state index contributed by atoms with van der Waals surface area (Å²) in [6.07, 6.45) is 4.38. The molecule has 1 heterocycles. The fraction of sp³-hybridized carbons (Fsp3) is 0.105. The number of nitrogens with two attached hydrogens (primary N) is 1. The number of carbonyl (C=O) groups is 2. The SMILES string of the molecule is NC(=O)c1cccc(CCC(=O)Nc2ccc3cnccc3c2)c1. The smallest absolute Gasteiger partial charge is 0.248 e. The zero-order valence-corrected chi connectivity index (χ0v) is 13.0. The van der Waals surface area contributed by atoms with Gasteiger partial charge in [-0.3, -0.25) is 14.6 Å². The van der Waals surface area contributed by atoms with Crippen LogP contribution in [0.15, 0.2) is 60.9 Å². The molecular formula is C19H17N3O2. The van der Waals surface area contributed by atoms with E-state index in [2.05, 4.69) is 10.3 Å². The van der Waals surface area contributed by atoms with Crippen LogP contribution in [0, 0.1) is 0 Å². The average molecular weight is 319 g/mol. The maximum Gasteiger partial charge on any atom is 0.248 e. The maximum atomic E-state index is 12.1. The van der Waals surface area contributed by atoms with Crippen molar-refractivity contribution in [2.45, 2.75) is 12.8 Å². The van der Waals surface area contributed by atoms with E-state index in [1.54, 1.807) is 30.6 Å². The van der Waals surface area contributed by atoms with Crippen LogP contribution in [0.1, 0.15) is 22.3 Å². The first-order valence-corrected chi connectivity index (χ1v) is 7.64. The first-order chi connectivity index (χ1) is 11.6. The Kier molecular flexibility index (Phi) is 4.52. The largest absolute Gasteiger partial charge is 0.366 e. The summed E-state index contributed by atoms with van der Waals surface area (Å²) >= 11 is 0. The third-order valence-electron chi connectivity index (χ3n) is 3.78. The highest BCUT2D eigenvalue weighted by Crippen LogP contribution is 2.18. The van der Waals surface area contributed by atoms with Crippen LogP contribution in [-0.2, 0) is 11.2 Å². The van der Waals surface area contributed by atoms with Gasteiger partial charge in [0.2, 0.25) is 11.8 Å². The number of fused-ring (bicyclic) bond motifs is 1. The number of hydrogen-bond acceptors (Lipinski definition) is 3. The van der Waals surface area contributed by atoms with Crippen molar-refractivity contribution < 1.29 is 9.59 Å². The van der Waals surface area contributed by atoms with Crippen LogP contribution in [0.4, 0.5) is 5.69 Å². The molecule has 5 heteroatoms. The average Bonchev–Trinajstić information content (AvgIpc) is 2.60. The monoisotopic (exact) mass is 319 g/mol. The number of primary amides is 1. The van der Waals surface area contributed by atoms with Crippen molar-refractivity contribution in [1.82, 2.24) is 4.98 Å². The fourth-order valence-corrected chi connectivity index (χ4v) is 2.52. The Balaban J connectivity index is 1.62. The Labute approximate surface area is 139 Å². The van der Waals surface area contributed by atoms with Gasteiger partial charge in [-0.15, -0.1) is 0 Å². The molecule has 0 aliphatic carbocycles. The molecule has 0 saturated heterocycles. The van der Waals surface area contributed by atoms with Crippen molar-refractivity contribution in [3.8, 4) is 0 Å². The molecule has 3 N–H and O–H groups in total. The molecule has 3 rings (SSSR count). The number of hydrogen-bond donors (Lipinski definition) is 2. The number of nitrogens with one attached hydrogen (secondary N) is 1. The Morgan fingerprint density at radius 2 is 1.92 bits per heavy atom. The number of amides is 2. The van der Waals surface area contributed by atoms with E-state index in [0.29, 0.717) is 18.4 Å². The van der Waals surface area contributed by atoms with Crippen LogP contribution in [-0.4, -0.2) is 16.8 Å². The van der Waals surface area contributed by atoms with E-state index in [9.17, 15) is 9.59 Å². The van der Waals surface area contributed by atoms with E-state index in [1.807, 2.05) is 30.3 Å². The van der Waals surface area contributed by atoms with E-state index in [1.165, 1.54) is 0 Å². The molecule has 0 fully saturated rings. The van der Waals surface area contributed by atoms with Crippen LogP contribution in [0.2, 0.25) is 0 Å². The molecule has 2 aromatic carbocycles. The van der Waals surface area contributed by atoms with Crippen molar-refractivity contribution >= 4 is 28.3 Å². The molecule has 0 radical (unpaired) electrons. The van der Waals surface area contributed by atoms with Crippen LogP contribution in [0.3, 0.4) is 0 Å². The van der Waals surface area contributed by atoms with Gasteiger partial charge in [-0.05, 0) is 47.7 Å². The number of carbonyl (C=O) groups excluding carboxylic acids is 2. The summed E-state index contributed by atoms with van der Waals surface area (Å²) in [7, 11) is 0. The Hall–Kier alpha value is -3.21. The highest BCUT2D eigenvalue weighted by Gasteiger charge is 2.06. The van der Waals surface area contributed by atoms with Gasteiger partial charge >= 0.3 is 0 Å². The molecule has 1 aromatic heterocycles. The Morgan fingerprint density at radius 1 is 1.04 bits per heavy atom. The van der Waals surface area contributed by atoms with E-state index < -0.39 is 5.91 Å². The van der Waals surface area contributed by atoms with Gasteiger partial charge in [0.05, 0.1) is 0 Å². The number of anilines is 1. The minimum absolute atomic E-state index is 0.0760. The third kappa shape index (κ3) is 3.76. The van der Waals surface area contributed by atoms with Gasteiger partial charge in [0.15, 0.2) is 0 Å². The lowest BCUT2D eigenvalue weighted by molar-refractivity contribution is -0.116. The number of rotatable bonds is 5. The van der Waals surface area contributed by atoms with E-state index in [0.717, 1.165) is 22.0 Å². The lowest BCUT2D eigenvalue weighted by Gasteiger charge is -2.07. The summed E-state index contributed by atoms with van der Waals surface area (Å²) in [5.41, 5.74) is 7.38. The van der Waals surface area contributed by atoms with Gasteiger partial charge in [0.25, 0.3) is 0 Å². The van der Waals surface area contributed by atoms with Crippen molar-refractivity contribution in [1.29, 1.82) is 0 Å². The first kappa shape index (κ1) is 15.7. The second-order valence-corrected chi connectivity index (χ2v) is 5.55. The number of benzene rings is 2. The van der Waals surface area contributed by atoms with Gasteiger partial charge in [-0.1, -0.05) is 18.2 Å². The lowest BCUT2D eigenvalue weighted by atomic mass is 10.1. The van der Waals surface area contributed by atoms with Crippen molar-refractivity contribution in [2.24, 2.45) is 5.73 Å². The van der Waals surface area contributed by atoms with Gasteiger partial charge in [0.1, 0.15) is 0 Å². The van der Waals surface area contributed by atoms with Crippen LogP contribution < -0.4 is 11.1 Å². The maximum absolute atomic E-state index is 12.1. The molecule has 0 bridgehead atoms. The quantitative estimate of drug-likeness (QED) is 0.758. The summed E-state index contributed by atoms with van der Waals surface area (Å²) in [5, 5.41) is 4.94. The summed E-state index contributed by atoms with van der Waals surface area (Å²) in [5.74, 6) is -0.542. The van der Waals surface area contributed by atoms with Gasteiger partial charge < -0.3 is 11.1 Å². The summed E-state index contributed by atoms with van der Waals surface area (Å²) in [4.78, 5) is 27.4. The molecular weight excluding hydrogens is 302 g/mol. The van der Waals surface area contributed by atoms with E-state index in [4.69, 9.17) is 5.73 Å². The van der Waals surface area contributed by atoms with Crippen molar-refractivity contribution in [3.05, 3.63) is 72.1 Å². The van der Waals surface area contributed by atoms with Crippen LogP contribution >= 0.6 is 0 Å².